The fourth-order valence-corrected chi connectivity index (χ4v) is 2.07. The van der Waals surface area contributed by atoms with E-state index in [1.807, 2.05) is 0 Å². The van der Waals surface area contributed by atoms with Crippen LogP contribution in [0.15, 0.2) is 35.5 Å². The van der Waals surface area contributed by atoms with Crippen LogP contribution in [0.1, 0.15) is 0 Å². The van der Waals surface area contributed by atoms with Crippen LogP contribution in [0.2, 0.25) is 0 Å². The molecule has 0 unspecified atom stereocenters. The van der Waals surface area contributed by atoms with Crippen LogP contribution in [0.25, 0.3) is 5.69 Å². The highest BCUT2D eigenvalue weighted by Gasteiger charge is 2.14. The number of hydrogen-bond donors (Lipinski definition) is 0. The first-order chi connectivity index (χ1) is 7.09. The van der Waals surface area contributed by atoms with Crippen molar-refractivity contribution < 1.29 is 8.42 Å². The summed E-state index contributed by atoms with van der Waals surface area (Å²) in [5, 5.41) is 11.0. The Balaban J connectivity index is 2.68. The van der Waals surface area contributed by atoms with E-state index in [4.69, 9.17) is 0 Å². The van der Waals surface area contributed by atoms with Crippen molar-refractivity contribution in [2.45, 2.75) is 4.90 Å². The van der Waals surface area contributed by atoms with Crippen molar-refractivity contribution in [3.8, 4) is 5.69 Å². The molecule has 0 radical (unpaired) electrons. The number of hydrogen-bond acceptors (Lipinski definition) is 5. The number of rotatable bonds is 2. The van der Waals surface area contributed by atoms with Crippen LogP contribution in [-0.2, 0) is 9.84 Å². The summed E-state index contributed by atoms with van der Waals surface area (Å²) in [5.74, 6) is 0. The Hall–Kier alpha value is -1.76. The Morgan fingerprint density at radius 1 is 1.27 bits per heavy atom. The largest absolute Gasteiger partial charge is 0.224 e. The topological polar surface area (TPSA) is 77.7 Å². The molecule has 0 aliphatic rings. The third-order valence-electron chi connectivity index (χ3n) is 1.83. The summed E-state index contributed by atoms with van der Waals surface area (Å²) < 4.78 is 22.9. The fraction of sp³-hybridized carbons (Fsp3) is 0.125. The molecule has 0 N–H and O–H groups in total. The first-order valence-electron chi connectivity index (χ1n) is 4.11. The predicted octanol–water partition coefficient (Wildman–Crippen LogP) is 0.0658. The third kappa shape index (κ3) is 1.86. The Morgan fingerprint density at radius 3 is 2.60 bits per heavy atom. The van der Waals surface area contributed by atoms with Crippen molar-refractivity contribution in [3.05, 3.63) is 30.6 Å². The Kier molecular flexibility index (Phi) is 2.24. The molecule has 1 heterocycles. The predicted molar refractivity (Wildman–Crippen MR) is 52.3 cm³/mol. The lowest BCUT2D eigenvalue weighted by Crippen LogP contribution is -2.07. The first kappa shape index (κ1) is 9.78. The van der Waals surface area contributed by atoms with Gasteiger partial charge in [0, 0.05) is 6.26 Å². The normalized spacial score (nSPS) is 11.5. The molecule has 0 atom stereocenters. The molecule has 15 heavy (non-hydrogen) atoms. The van der Waals surface area contributed by atoms with Crippen LogP contribution >= 0.6 is 0 Å². The molecule has 2 rings (SSSR count). The molecule has 1 aromatic heterocycles. The molecule has 0 amide bonds. The summed E-state index contributed by atoms with van der Waals surface area (Å²) in [6.45, 7) is 0. The van der Waals surface area contributed by atoms with E-state index in [0.29, 0.717) is 5.69 Å². The summed E-state index contributed by atoms with van der Waals surface area (Å²) in [7, 11) is -3.29. The van der Waals surface area contributed by atoms with Gasteiger partial charge in [-0.15, -0.1) is 15.0 Å². The molecule has 0 spiro atoms. The van der Waals surface area contributed by atoms with Crippen molar-refractivity contribution in [1.29, 1.82) is 0 Å². The highest BCUT2D eigenvalue weighted by Crippen LogP contribution is 2.17. The van der Waals surface area contributed by atoms with Crippen molar-refractivity contribution in [1.82, 2.24) is 20.2 Å². The molecule has 0 saturated carbocycles. The second-order valence-electron chi connectivity index (χ2n) is 2.97. The molecule has 7 heteroatoms. The summed E-state index contributed by atoms with van der Waals surface area (Å²) >= 11 is 0. The maximum atomic E-state index is 11.5. The van der Waals surface area contributed by atoms with Gasteiger partial charge in [-0.05, 0) is 17.3 Å². The lowest BCUT2D eigenvalue weighted by atomic mass is 10.3. The zero-order chi connectivity index (χ0) is 10.9. The van der Waals surface area contributed by atoms with Gasteiger partial charge in [-0.2, -0.15) is 0 Å². The average molecular weight is 224 g/mol. The van der Waals surface area contributed by atoms with Crippen molar-refractivity contribution in [3.63, 3.8) is 0 Å². The van der Waals surface area contributed by atoms with Gasteiger partial charge < -0.3 is 0 Å². The summed E-state index contributed by atoms with van der Waals surface area (Å²) in [6.07, 6.45) is 2.39. The van der Waals surface area contributed by atoms with Crippen LogP contribution in [-0.4, -0.2) is 34.9 Å². The average Bonchev–Trinajstić information content (AvgIpc) is 2.69. The number of sulfone groups is 1. The van der Waals surface area contributed by atoms with E-state index < -0.39 is 9.84 Å². The molecule has 0 aliphatic carbocycles. The van der Waals surface area contributed by atoms with Crippen molar-refractivity contribution >= 4 is 9.84 Å². The molecule has 6 nitrogen and oxygen atoms in total. The molecule has 1 aromatic carbocycles. The number of aromatic nitrogens is 4. The van der Waals surface area contributed by atoms with Crippen molar-refractivity contribution in [2.24, 2.45) is 0 Å². The smallest absolute Gasteiger partial charge is 0.177 e. The van der Waals surface area contributed by atoms with Gasteiger partial charge in [0.25, 0.3) is 0 Å². The van der Waals surface area contributed by atoms with E-state index in [2.05, 4.69) is 15.4 Å². The van der Waals surface area contributed by atoms with E-state index in [9.17, 15) is 8.42 Å². The van der Waals surface area contributed by atoms with Gasteiger partial charge in [0.2, 0.25) is 0 Å². The van der Waals surface area contributed by atoms with E-state index in [0.717, 1.165) is 6.26 Å². The number of benzene rings is 1. The van der Waals surface area contributed by atoms with E-state index >= 15 is 0 Å². The zero-order valence-corrected chi connectivity index (χ0v) is 8.72. The molecule has 2 aromatic rings. The quantitative estimate of drug-likeness (QED) is 0.721. The maximum absolute atomic E-state index is 11.5. The summed E-state index contributed by atoms with van der Waals surface area (Å²) in [5.41, 5.74) is 0.400. The van der Waals surface area contributed by atoms with Gasteiger partial charge in [-0.25, -0.2) is 8.42 Å². The monoisotopic (exact) mass is 224 g/mol. The minimum Gasteiger partial charge on any atom is -0.224 e. The van der Waals surface area contributed by atoms with Crippen molar-refractivity contribution in [2.75, 3.05) is 6.26 Å². The molecule has 0 aliphatic heterocycles. The Bertz CT molecular complexity index is 562. The molecule has 0 fully saturated rings. The lowest BCUT2D eigenvalue weighted by molar-refractivity contribution is 0.599. The minimum absolute atomic E-state index is 0.183. The van der Waals surface area contributed by atoms with Gasteiger partial charge >= 0.3 is 0 Å². The third-order valence-corrected chi connectivity index (χ3v) is 2.97. The Morgan fingerprint density at radius 2 is 2.00 bits per heavy atom. The summed E-state index contributed by atoms with van der Waals surface area (Å²) in [6, 6.07) is 6.50. The van der Waals surface area contributed by atoms with E-state index in [1.54, 1.807) is 18.2 Å². The van der Waals surface area contributed by atoms with Crippen LogP contribution in [0.3, 0.4) is 0 Å². The lowest BCUT2D eigenvalue weighted by Gasteiger charge is -2.04. The second-order valence-corrected chi connectivity index (χ2v) is 4.95. The SMILES string of the molecule is CS(=O)(=O)c1ccccc1-n1ncnn1. The molecule has 0 saturated heterocycles. The first-order valence-corrected chi connectivity index (χ1v) is 6.00. The van der Waals surface area contributed by atoms with Crippen LogP contribution in [0.4, 0.5) is 0 Å². The van der Waals surface area contributed by atoms with E-state index in [1.165, 1.54) is 17.2 Å². The van der Waals surface area contributed by atoms with E-state index in [-0.39, 0.29) is 4.90 Å². The highest BCUT2D eigenvalue weighted by atomic mass is 32.2. The number of para-hydroxylation sites is 1. The Labute approximate surface area is 86.5 Å². The fourth-order valence-electron chi connectivity index (χ4n) is 1.21. The minimum atomic E-state index is -3.29. The zero-order valence-electron chi connectivity index (χ0n) is 7.90. The molecule has 78 valence electrons. The van der Waals surface area contributed by atoms with Crippen LogP contribution in [0.5, 0.6) is 0 Å². The number of tetrazole rings is 1. The van der Waals surface area contributed by atoms with Crippen LogP contribution in [0, 0.1) is 0 Å². The summed E-state index contributed by atoms with van der Waals surface area (Å²) in [4.78, 5) is 1.36. The van der Waals surface area contributed by atoms with Gasteiger partial charge in [-0.1, -0.05) is 12.1 Å². The molecular formula is C8H8N4O2S. The molecule has 0 bridgehead atoms. The van der Waals surface area contributed by atoms with Gasteiger partial charge in [0.15, 0.2) is 16.2 Å². The standard InChI is InChI=1S/C8H8N4O2S/c1-15(13,14)8-5-3-2-4-7(8)12-10-6-9-11-12/h2-6H,1H3. The second kappa shape index (κ2) is 3.43. The molecular weight excluding hydrogens is 216 g/mol. The number of nitrogens with zero attached hydrogens (tertiary/aromatic N) is 4. The van der Waals surface area contributed by atoms with Gasteiger partial charge in [-0.3, -0.25) is 0 Å². The van der Waals surface area contributed by atoms with Gasteiger partial charge in [0.1, 0.15) is 5.69 Å². The highest BCUT2D eigenvalue weighted by molar-refractivity contribution is 7.90. The van der Waals surface area contributed by atoms with Gasteiger partial charge in [0.05, 0.1) is 4.90 Å². The van der Waals surface area contributed by atoms with Crippen LogP contribution < -0.4 is 0 Å². The maximum Gasteiger partial charge on any atom is 0.177 e.